The monoisotopic (exact) mass is 270 g/mol. The Kier molecular flexibility index (Phi) is 15.2. The Balaban J connectivity index is 3.00. The Labute approximate surface area is 121 Å². The van der Waals surface area contributed by atoms with Crippen molar-refractivity contribution in [1.29, 1.82) is 0 Å². The van der Waals surface area contributed by atoms with Crippen LogP contribution in [0.25, 0.3) is 0 Å². The first kappa shape index (κ1) is 18.1. The van der Waals surface area contributed by atoms with E-state index < -0.39 is 0 Å². The average Bonchev–Trinajstić information content (AvgIpc) is 2.36. The summed E-state index contributed by atoms with van der Waals surface area (Å²) in [5, 5.41) is 1.89. The van der Waals surface area contributed by atoms with Gasteiger partial charge in [-0.15, -0.1) is 0 Å². The maximum Gasteiger partial charge on any atom is -0.0208 e. The zero-order chi connectivity index (χ0) is 13.5. The fourth-order valence-corrected chi connectivity index (χ4v) is 2.77. The molecule has 1 heteroatoms. The minimum atomic E-state index is 0.807. The van der Waals surface area contributed by atoms with Gasteiger partial charge in [0.2, 0.25) is 0 Å². The molecule has 0 rings (SSSR count). The van der Waals surface area contributed by atoms with E-state index in [1.807, 2.05) is 5.37 Å². The second kappa shape index (κ2) is 15.1. The molecule has 0 heterocycles. The molecule has 0 nitrogen and oxygen atoms in total. The number of hydrogen-bond acceptors (Lipinski definition) is 1. The van der Waals surface area contributed by atoms with Gasteiger partial charge >= 0.3 is 0 Å². The largest absolute Gasteiger partial charge is 0.0935 e. The van der Waals surface area contributed by atoms with Crippen molar-refractivity contribution in [2.24, 2.45) is 5.92 Å². The summed E-state index contributed by atoms with van der Waals surface area (Å²) in [7, 11) is 0. The Morgan fingerprint density at radius 3 is 1.67 bits per heavy atom. The zero-order valence-corrected chi connectivity index (χ0v) is 13.6. The Morgan fingerprint density at radius 2 is 1.22 bits per heavy atom. The van der Waals surface area contributed by atoms with Gasteiger partial charge in [-0.2, -0.15) is 0 Å². The van der Waals surface area contributed by atoms with Crippen molar-refractivity contribution in [2.75, 3.05) is 0 Å². The van der Waals surface area contributed by atoms with Crippen molar-refractivity contribution in [3.63, 3.8) is 0 Å². The first-order valence-electron chi connectivity index (χ1n) is 8.24. The number of unbranched alkanes of at least 4 members (excludes halogenated alkanes) is 10. The second-order valence-corrected chi connectivity index (χ2v) is 6.17. The van der Waals surface area contributed by atoms with Gasteiger partial charge in [-0.1, -0.05) is 103 Å². The molecule has 18 heavy (non-hydrogen) atoms. The van der Waals surface area contributed by atoms with Gasteiger partial charge in [0, 0.05) is 0 Å². The molecule has 0 aliphatic rings. The lowest BCUT2D eigenvalue weighted by atomic mass is 9.99. The lowest BCUT2D eigenvalue weighted by molar-refractivity contribution is 0.492. The summed E-state index contributed by atoms with van der Waals surface area (Å²) in [6, 6.07) is 0. The Morgan fingerprint density at radius 1 is 0.778 bits per heavy atom. The quantitative estimate of drug-likeness (QED) is 0.249. The molecule has 0 amide bonds. The third-order valence-electron chi connectivity index (χ3n) is 3.80. The van der Waals surface area contributed by atoms with Gasteiger partial charge in [-0.05, 0) is 17.7 Å². The van der Waals surface area contributed by atoms with Crippen LogP contribution in [0.5, 0.6) is 0 Å². The first-order chi connectivity index (χ1) is 8.81. The molecule has 0 saturated carbocycles. The van der Waals surface area contributed by atoms with Crippen molar-refractivity contribution in [3.8, 4) is 0 Å². The third-order valence-corrected chi connectivity index (χ3v) is 3.99. The smallest absolute Gasteiger partial charge is 0.0208 e. The lowest BCUT2D eigenvalue weighted by Crippen LogP contribution is -1.94. The summed E-state index contributed by atoms with van der Waals surface area (Å²) in [5.74, 6) is 0.807. The number of thiocarbonyl (C=S) groups is 1. The van der Waals surface area contributed by atoms with E-state index in [0.29, 0.717) is 0 Å². The van der Waals surface area contributed by atoms with E-state index in [4.69, 9.17) is 12.2 Å². The van der Waals surface area contributed by atoms with Crippen LogP contribution in [-0.2, 0) is 0 Å². The molecular formula is C17H34S. The standard InChI is InChI=1S/C17H34S/c1-3-4-5-6-7-8-9-10-11-12-13-14-17(2)15-16-18/h16-17H,3-15H2,1-2H3. The lowest BCUT2D eigenvalue weighted by Gasteiger charge is -2.07. The molecule has 0 spiro atoms. The van der Waals surface area contributed by atoms with Crippen LogP contribution in [0.2, 0.25) is 0 Å². The van der Waals surface area contributed by atoms with Gasteiger partial charge in [-0.3, -0.25) is 0 Å². The van der Waals surface area contributed by atoms with E-state index in [-0.39, 0.29) is 0 Å². The van der Waals surface area contributed by atoms with Gasteiger partial charge < -0.3 is 0 Å². The Bertz CT molecular complexity index is 165. The molecule has 0 N–H and O–H groups in total. The number of hydrogen-bond donors (Lipinski definition) is 0. The highest BCUT2D eigenvalue weighted by atomic mass is 32.1. The van der Waals surface area contributed by atoms with E-state index in [9.17, 15) is 0 Å². The molecule has 0 aliphatic heterocycles. The third kappa shape index (κ3) is 14.2. The van der Waals surface area contributed by atoms with Crippen molar-refractivity contribution in [3.05, 3.63) is 0 Å². The van der Waals surface area contributed by atoms with Crippen LogP contribution in [-0.4, -0.2) is 5.37 Å². The highest BCUT2D eigenvalue weighted by Gasteiger charge is 1.99. The normalized spacial score (nSPS) is 12.6. The molecule has 0 aromatic rings. The number of rotatable bonds is 14. The van der Waals surface area contributed by atoms with Gasteiger partial charge in [0.25, 0.3) is 0 Å². The summed E-state index contributed by atoms with van der Waals surface area (Å²) < 4.78 is 0. The van der Waals surface area contributed by atoms with Crippen molar-refractivity contribution < 1.29 is 0 Å². The topological polar surface area (TPSA) is 0 Å². The predicted molar refractivity (Wildman–Crippen MR) is 88.5 cm³/mol. The van der Waals surface area contributed by atoms with Crippen molar-refractivity contribution in [1.82, 2.24) is 0 Å². The fourth-order valence-electron chi connectivity index (χ4n) is 2.44. The Hall–Kier alpha value is 0.0900. The van der Waals surface area contributed by atoms with Crippen molar-refractivity contribution >= 4 is 17.6 Å². The molecule has 0 saturated heterocycles. The van der Waals surface area contributed by atoms with Crippen LogP contribution in [0.3, 0.4) is 0 Å². The molecule has 108 valence electrons. The summed E-state index contributed by atoms with van der Waals surface area (Å²) in [4.78, 5) is 0. The first-order valence-corrected chi connectivity index (χ1v) is 8.72. The van der Waals surface area contributed by atoms with Crippen LogP contribution < -0.4 is 0 Å². The predicted octanol–water partition coefficient (Wildman–Crippen LogP) is 6.71. The maximum atomic E-state index is 4.89. The summed E-state index contributed by atoms with van der Waals surface area (Å²) >= 11 is 4.89. The minimum Gasteiger partial charge on any atom is -0.0935 e. The molecule has 0 aromatic carbocycles. The van der Waals surface area contributed by atoms with E-state index in [2.05, 4.69) is 13.8 Å². The molecule has 0 radical (unpaired) electrons. The highest BCUT2D eigenvalue weighted by molar-refractivity contribution is 7.78. The second-order valence-electron chi connectivity index (χ2n) is 5.83. The van der Waals surface area contributed by atoms with Crippen LogP contribution in [0, 0.1) is 5.92 Å². The molecule has 0 fully saturated rings. The molecular weight excluding hydrogens is 236 g/mol. The molecule has 1 atom stereocenters. The molecule has 0 aliphatic carbocycles. The van der Waals surface area contributed by atoms with E-state index in [0.717, 1.165) is 12.3 Å². The molecule has 0 aromatic heterocycles. The highest BCUT2D eigenvalue weighted by Crippen LogP contribution is 2.15. The summed E-state index contributed by atoms with van der Waals surface area (Å²) in [5.41, 5.74) is 0. The van der Waals surface area contributed by atoms with Gasteiger partial charge in [0.1, 0.15) is 0 Å². The van der Waals surface area contributed by atoms with Crippen LogP contribution in [0.15, 0.2) is 0 Å². The summed E-state index contributed by atoms with van der Waals surface area (Å²) in [6.07, 6.45) is 18.3. The van der Waals surface area contributed by atoms with Crippen LogP contribution in [0.4, 0.5) is 0 Å². The van der Waals surface area contributed by atoms with Gasteiger partial charge in [0.15, 0.2) is 0 Å². The van der Waals surface area contributed by atoms with E-state index in [1.165, 1.54) is 77.0 Å². The van der Waals surface area contributed by atoms with Gasteiger partial charge in [0.05, 0.1) is 0 Å². The van der Waals surface area contributed by atoms with Gasteiger partial charge in [-0.25, -0.2) is 0 Å². The average molecular weight is 271 g/mol. The maximum absolute atomic E-state index is 4.89. The molecule has 0 bridgehead atoms. The zero-order valence-electron chi connectivity index (χ0n) is 12.8. The van der Waals surface area contributed by atoms with Crippen LogP contribution in [0.1, 0.15) is 97.3 Å². The minimum absolute atomic E-state index is 0.807. The SMILES string of the molecule is CCCCCCCCCCCCCC(C)CC=S. The van der Waals surface area contributed by atoms with Crippen LogP contribution >= 0.6 is 12.2 Å². The van der Waals surface area contributed by atoms with Crippen molar-refractivity contribution in [2.45, 2.75) is 97.3 Å². The summed E-state index contributed by atoms with van der Waals surface area (Å²) in [6.45, 7) is 4.60. The van der Waals surface area contributed by atoms with E-state index in [1.54, 1.807) is 0 Å². The molecule has 1 unspecified atom stereocenters. The van der Waals surface area contributed by atoms with E-state index >= 15 is 0 Å². The fraction of sp³-hybridized carbons (Fsp3) is 0.941.